The van der Waals surface area contributed by atoms with Crippen molar-refractivity contribution in [3.63, 3.8) is 0 Å². The average Bonchev–Trinajstić information content (AvgIpc) is 2.73. The number of hydrogen-bond acceptors (Lipinski definition) is 4. The average molecular weight is 419 g/mol. The second-order valence-corrected chi connectivity index (χ2v) is 11.2. The molecule has 1 saturated heterocycles. The highest BCUT2D eigenvalue weighted by Gasteiger charge is 2.58. The van der Waals surface area contributed by atoms with Gasteiger partial charge in [0.2, 0.25) is 0 Å². The molecule has 3 fully saturated rings. The smallest absolute Gasteiger partial charge is 0.311 e. The second-order valence-electron chi connectivity index (χ2n) is 11.2. The molecule has 4 aliphatic rings. The Morgan fingerprint density at radius 1 is 1.10 bits per heavy atom. The molecule has 4 nitrogen and oxygen atoms in total. The van der Waals surface area contributed by atoms with Crippen LogP contribution in [0.1, 0.15) is 91.4 Å². The van der Waals surface area contributed by atoms with E-state index in [0.29, 0.717) is 11.8 Å². The van der Waals surface area contributed by atoms with Crippen LogP contribution in [0, 0.1) is 28.1 Å². The molecule has 30 heavy (non-hydrogen) atoms. The molecule has 1 aliphatic heterocycles. The quantitative estimate of drug-likeness (QED) is 0.403. The maximum absolute atomic E-state index is 12.7. The lowest BCUT2D eigenvalue weighted by Crippen LogP contribution is -2.54. The zero-order valence-corrected chi connectivity index (χ0v) is 19.6. The van der Waals surface area contributed by atoms with Crippen LogP contribution in [-0.2, 0) is 19.0 Å². The van der Waals surface area contributed by atoms with Gasteiger partial charge in [0.25, 0.3) is 0 Å². The van der Waals surface area contributed by atoms with E-state index in [1.54, 1.807) is 12.7 Å². The van der Waals surface area contributed by atoms with Gasteiger partial charge in [0.1, 0.15) is 0 Å². The highest BCUT2D eigenvalue weighted by molar-refractivity contribution is 5.77. The Morgan fingerprint density at radius 3 is 2.67 bits per heavy atom. The summed E-state index contributed by atoms with van der Waals surface area (Å²) in [6, 6.07) is 0. The Balaban J connectivity index is 1.45. The largest absolute Gasteiger partial charge is 0.469 e. The first-order valence-electron chi connectivity index (χ1n) is 12.3. The van der Waals surface area contributed by atoms with Crippen molar-refractivity contribution in [2.45, 2.75) is 97.7 Å². The Bertz CT molecular complexity index is 666. The van der Waals surface area contributed by atoms with Crippen LogP contribution < -0.4 is 0 Å². The van der Waals surface area contributed by atoms with Crippen molar-refractivity contribution in [1.29, 1.82) is 0 Å². The first kappa shape index (κ1) is 22.3. The lowest BCUT2D eigenvalue weighted by atomic mass is 9.45. The summed E-state index contributed by atoms with van der Waals surface area (Å²) in [5.74, 6) is 1.06. The maximum Gasteiger partial charge on any atom is 0.311 e. The van der Waals surface area contributed by atoms with E-state index in [1.165, 1.54) is 32.1 Å². The minimum absolute atomic E-state index is 0.00795. The molecule has 4 heteroatoms. The first-order chi connectivity index (χ1) is 14.3. The van der Waals surface area contributed by atoms with Crippen LogP contribution in [0.5, 0.6) is 0 Å². The molecule has 4 rings (SSSR count). The van der Waals surface area contributed by atoms with E-state index in [0.717, 1.165) is 51.7 Å². The van der Waals surface area contributed by atoms with Crippen molar-refractivity contribution in [2.24, 2.45) is 28.1 Å². The normalized spacial score (nSPS) is 43.9. The Morgan fingerprint density at radius 2 is 1.93 bits per heavy atom. The molecule has 0 radical (unpaired) electrons. The molecule has 3 aliphatic carbocycles. The molecule has 0 N–H and O–H groups in total. The summed E-state index contributed by atoms with van der Waals surface area (Å²) in [7, 11) is 1.56. The van der Waals surface area contributed by atoms with Crippen LogP contribution in [-0.4, -0.2) is 32.6 Å². The number of rotatable bonds is 5. The minimum atomic E-state index is -0.318. The number of fused-ring (bicyclic) bond motifs is 3. The van der Waals surface area contributed by atoms with Gasteiger partial charge in [0.05, 0.1) is 19.1 Å². The van der Waals surface area contributed by atoms with E-state index in [-0.39, 0.29) is 28.5 Å². The SMILES string of the molecule is COC(=O)[C@]1(C)CCC[C@@]2(C)[C@H]1CCC1=C[C@@](C)(CCOC3CCCCO3)CC[C@@H]12. The molecule has 0 aromatic heterocycles. The fraction of sp³-hybridized carbons (Fsp3) is 0.885. The fourth-order valence-corrected chi connectivity index (χ4v) is 7.51. The predicted octanol–water partition coefficient (Wildman–Crippen LogP) is 6.04. The Hall–Kier alpha value is -0.870. The van der Waals surface area contributed by atoms with Gasteiger partial charge in [-0.25, -0.2) is 0 Å². The van der Waals surface area contributed by atoms with E-state index < -0.39 is 0 Å². The van der Waals surface area contributed by atoms with Crippen LogP contribution in [0.15, 0.2) is 11.6 Å². The molecule has 6 atom stereocenters. The number of carbonyl (C=O) groups is 1. The van der Waals surface area contributed by atoms with Gasteiger partial charge in [-0.15, -0.1) is 0 Å². The molecular weight excluding hydrogens is 376 g/mol. The van der Waals surface area contributed by atoms with Gasteiger partial charge < -0.3 is 14.2 Å². The standard InChI is InChI=1S/C26H42O4/c1-24(15-17-30-22-8-5-6-16-29-22)14-11-20-19(18-24)9-10-21-25(20,2)12-7-13-26(21,3)23(27)28-4/h18,20-22H,5-17H2,1-4H3/t20-,21+,22?,24+,25+,26+/m0/s1. The highest BCUT2D eigenvalue weighted by atomic mass is 16.7. The van der Waals surface area contributed by atoms with E-state index in [4.69, 9.17) is 14.2 Å². The topological polar surface area (TPSA) is 44.8 Å². The van der Waals surface area contributed by atoms with Gasteiger partial charge in [-0.2, -0.15) is 0 Å². The zero-order valence-electron chi connectivity index (χ0n) is 19.6. The number of allylic oxidation sites excluding steroid dienone is 2. The lowest BCUT2D eigenvalue weighted by Gasteiger charge is -2.59. The predicted molar refractivity (Wildman–Crippen MR) is 118 cm³/mol. The van der Waals surface area contributed by atoms with Crippen LogP contribution in [0.3, 0.4) is 0 Å². The van der Waals surface area contributed by atoms with Crippen molar-refractivity contribution < 1.29 is 19.0 Å². The fourth-order valence-electron chi connectivity index (χ4n) is 7.51. The van der Waals surface area contributed by atoms with E-state index in [9.17, 15) is 4.79 Å². The molecule has 0 bridgehead atoms. The maximum atomic E-state index is 12.7. The van der Waals surface area contributed by atoms with Crippen molar-refractivity contribution in [3.8, 4) is 0 Å². The number of hydrogen-bond donors (Lipinski definition) is 0. The molecule has 1 heterocycles. The van der Waals surface area contributed by atoms with Gasteiger partial charge >= 0.3 is 5.97 Å². The monoisotopic (exact) mass is 418 g/mol. The third kappa shape index (κ3) is 3.99. The summed E-state index contributed by atoms with van der Waals surface area (Å²) < 4.78 is 17.1. The molecule has 0 amide bonds. The zero-order chi connectivity index (χ0) is 21.4. The van der Waals surface area contributed by atoms with Crippen LogP contribution in [0.4, 0.5) is 0 Å². The summed E-state index contributed by atoms with van der Waals surface area (Å²) in [5.41, 5.74) is 1.79. The van der Waals surface area contributed by atoms with Gasteiger partial charge in [-0.05, 0) is 93.8 Å². The summed E-state index contributed by atoms with van der Waals surface area (Å²) in [6.45, 7) is 8.69. The Kier molecular flexibility index (Phi) is 6.38. The van der Waals surface area contributed by atoms with Crippen LogP contribution in [0.2, 0.25) is 0 Å². The van der Waals surface area contributed by atoms with Gasteiger partial charge in [-0.1, -0.05) is 31.9 Å². The molecule has 0 spiro atoms. The minimum Gasteiger partial charge on any atom is -0.469 e. The highest BCUT2D eigenvalue weighted by Crippen LogP contribution is 2.64. The number of methoxy groups -OCH3 is 1. The molecule has 2 saturated carbocycles. The number of carbonyl (C=O) groups excluding carboxylic acids is 1. The molecule has 1 unspecified atom stereocenters. The van der Waals surface area contributed by atoms with Crippen molar-refractivity contribution >= 4 is 5.97 Å². The summed E-state index contributed by atoms with van der Waals surface area (Å²) in [5, 5.41) is 0. The summed E-state index contributed by atoms with van der Waals surface area (Å²) in [6.07, 6.45) is 15.2. The van der Waals surface area contributed by atoms with E-state index in [1.807, 2.05) is 0 Å². The second kappa shape index (κ2) is 8.58. The molecular formula is C26H42O4. The van der Waals surface area contributed by atoms with Crippen LogP contribution >= 0.6 is 0 Å². The third-order valence-corrected chi connectivity index (χ3v) is 9.25. The summed E-state index contributed by atoms with van der Waals surface area (Å²) >= 11 is 0. The number of esters is 1. The van der Waals surface area contributed by atoms with Crippen molar-refractivity contribution in [2.75, 3.05) is 20.3 Å². The van der Waals surface area contributed by atoms with Crippen molar-refractivity contribution in [3.05, 3.63) is 11.6 Å². The molecule has 170 valence electrons. The molecule has 0 aromatic carbocycles. The number of ether oxygens (including phenoxy) is 3. The van der Waals surface area contributed by atoms with Gasteiger partial charge in [-0.3, -0.25) is 4.79 Å². The van der Waals surface area contributed by atoms with E-state index in [2.05, 4.69) is 26.8 Å². The lowest BCUT2D eigenvalue weighted by molar-refractivity contribution is -0.169. The first-order valence-corrected chi connectivity index (χ1v) is 12.3. The van der Waals surface area contributed by atoms with Crippen LogP contribution in [0.25, 0.3) is 0 Å². The van der Waals surface area contributed by atoms with Crippen molar-refractivity contribution in [1.82, 2.24) is 0 Å². The molecule has 0 aromatic rings. The third-order valence-electron chi connectivity index (χ3n) is 9.25. The summed E-state index contributed by atoms with van der Waals surface area (Å²) in [4.78, 5) is 12.7. The van der Waals surface area contributed by atoms with Gasteiger partial charge in [0.15, 0.2) is 6.29 Å². The van der Waals surface area contributed by atoms with Gasteiger partial charge in [0, 0.05) is 6.61 Å². The van der Waals surface area contributed by atoms with E-state index >= 15 is 0 Å². The Labute approximate surface area is 183 Å².